The molecule has 180 valence electrons. The van der Waals surface area contributed by atoms with Crippen molar-refractivity contribution in [3.8, 4) is 5.75 Å². The zero-order valence-electron chi connectivity index (χ0n) is 17.6. The van der Waals surface area contributed by atoms with Gasteiger partial charge in [0, 0.05) is 12.3 Å². The Balaban J connectivity index is 1.80. The van der Waals surface area contributed by atoms with Gasteiger partial charge in [-0.1, -0.05) is 18.2 Å². The molecule has 1 aromatic heterocycles. The molecule has 0 saturated carbocycles. The number of benzene rings is 1. The highest BCUT2D eigenvalue weighted by Gasteiger charge is 2.55. The molecule has 0 radical (unpaired) electrons. The first-order valence-corrected chi connectivity index (χ1v) is 11.3. The van der Waals surface area contributed by atoms with Gasteiger partial charge in [-0.05, 0) is 26.0 Å². The number of aromatic nitrogens is 2. The molecule has 4 unspecified atom stereocenters. The summed E-state index contributed by atoms with van der Waals surface area (Å²) in [6.07, 6.45) is -3.87. The van der Waals surface area contributed by atoms with E-state index in [1.54, 1.807) is 18.2 Å². The van der Waals surface area contributed by atoms with Crippen LogP contribution in [0.1, 0.15) is 20.1 Å². The van der Waals surface area contributed by atoms with E-state index in [0.29, 0.717) is 0 Å². The van der Waals surface area contributed by atoms with Crippen LogP contribution in [0.25, 0.3) is 0 Å². The normalized spacial score (nSPS) is 27.6. The number of carboxylic acid groups (broad SMARTS) is 1. The second-order valence-corrected chi connectivity index (χ2v) is 9.22. The fourth-order valence-corrected chi connectivity index (χ4v) is 4.64. The predicted molar refractivity (Wildman–Crippen MR) is 112 cm³/mol. The number of nitrogens with zero attached hydrogens (tertiary/aromatic N) is 1. The van der Waals surface area contributed by atoms with Crippen molar-refractivity contribution in [3.05, 3.63) is 63.4 Å². The SMILES string of the molecule is CC(NP(=O)(OC[C@@H]1OC(n2ccc(=O)[nH]c2=O)[C@](C)(F)C1O)Oc1ccccc1)C(=O)O. The molecule has 1 aromatic carbocycles. The largest absolute Gasteiger partial charge is 0.480 e. The van der Waals surface area contributed by atoms with E-state index >= 15 is 4.39 Å². The van der Waals surface area contributed by atoms with E-state index in [2.05, 4.69) is 5.09 Å². The number of alkyl halides is 1. The molecule has 14 heteroatoms. The van der Waals surface area contributed by atoms with E-state index < -0.39 is 61.7 Å². The van der Waals surface area contributed by atoms with Crippen molar-refractivity contribution < 1.29 is 37.7 Å². The number of aromatic amines is 1. The number of H-pyrrole nitrogens is 1. The number of aliphatic hydroxyl groups excluding tert-OH is 1. The number of aliphatic carboxylic acids is 1. The molecule has 1 fully saturated rings. The van der Waals surface area contributed by atoms with E-state index in [0.717, 1.165) is 23.8 Å². The summed E-state index contributed by atoms with van der Waals surface area (Å²) >= 11 is 0. The molecule has 1 aliphatic heterocycles. The molecule has 2 aromatic rings. The van der Waals surface area contributed by atoms with Gasteiger partial charge in [-0.15, -0.1) is 0 Å². The Kier molecular flexibility index (Phi) is 7.20. The number of halogens is 1. The Hall–Kier alpha value is -2.83. The maximum Gasteiger partial charge on any atom is 0.459 e. The maximum atomic E-state index is 15.3. The van der Waals surface area contributed by atoms with E-state index in [9.17, 15) is 24.1 Å². The van der Waals surface area contributed by atoms with Crippen LogP contribution in [0, 0.1) is 0 Å². The summed E-state index contributed by atoms with van der Waals surface area (Å²) in [7, 11) is -4.34. The molecule has 0 spiro atoms. The average Bonchev–Trinajstić information content (AvgIpc) is 2.96. The molecule has 3 rings (SSSR count). The quantitative estimate of drug-likeness (QED) is 0.371. The summed E-state index contributed by atoms with van der Waals surface area (Å²) < 4.78 is 45.4. The van der Waals surface area contributed by atoms with E-state index in [1.807, 2.05) is 4.98 Å². The molecular formula is C19H23FN3O9P. The number of para-hydroxylation sites is 1. The third kappa shape index (κ3) is 5.57. The lowest BCUT2D eigenvalue weighted by atomic mass is 9.98. The summed E-state index contributed by atoms with van der Waals surface area (Å²) in [6, 6.07) is 7.41. The van der Waals surface area contributed by atoms with Gasteiger partial charge in [-0.2, -0.15) is 5.09 Å². The third-order valence-corrected chi connectivity index (χ3v) is 6.56. The third-order valence-electron chi connectivity index (χ3n) is 4.92. The van der Waals surface area contributed by atoms with Crippen molar-refractivity contribution in [2.75, 3.05) is 6.61 Å². The van der Waals surface area contributed by atoms with Crippen LogP contribution >= 0.6 is 7.75 Å². The van der Waals surface area contributed by atoms with Gasteiger partial charge in [0.05, 0.1) is 6.61 Å². The van der Waals surface area contributed by atoms with Crippen molar-refractivity contribution >= 4 is 13.7 Å². The minimum atomic E-state index is -4.34. The van der Waals surface area contributed by atoms with Crippen molar-refractivity contribution in [1.82, 2.24) is 14.6 Å². The Morgan fingerprint density at radius 3 is 2.64 bits per heavy atom. The van der Waals surface area contributed by atoms with Gasteiger partial charge in [0.1, 0.15) is 24.0 Å². The van der Waals surface area contributed by atoms with Crippen LogP contribution in [0.2, 0.25) is 0 Å². The first-order chi connectivity index (χ1) is 15.4. The van der Waals surface area contributed by atoms with Crippen LogP contribution < -0.4 is 20.9 Å². The van der Waals surface area contributed by atoms with Crippen molar-refractivity contribution in [2.24, 2.45) is 0 Å². The molecule has 12 nitrogen and oxygen atoms in total. The number of rotatable bonds is 9. The Morgan fingerprint density at radius 1 is 1.36 bits per heavy atom. The zero-order valence-corrected chi connectivity index (χ0v) is 18.5. The standard InChI is InChI=1S/C19H23FN3O9P/c1-11(16(26)27)22-33(29,32-12-6-4-3-5-7-12)30-10-13-15(25)19(2,20)17(31-13)23-9-8-14(24)21-18(23)28/h3-9,11,13,15,17,25H,10H2,1-2H3,(H,22,29)(H,26,27)(H,21,24,28)/t11?,13-,15?,17?,19+,33?/m0/s1. The summed E-state index contributed by atoms with van der Waals surface area (Å²) in [5.74, 6) is -1.23. The minimum Gasteiger partial charge on any atom is -0.480 e. The highest BCUT2D eigenvalue weighted by atomic mass is 31.2. The predicted octanol–water partition coefficient (Wildman–Crippen LogP) is 0.789. The van der Waals surface area contributed by atoms with Crippen molar-refractivity contribution in [3.63, 3.8) is 0 Å². The van der Waals surface area contributed by atoms with Crippen molar-refractivity contribution in [1.29, 1.82) is 0 Å². The van der Waals surface area contributed by atoms with Crippen molar-refractivity contribution in [2.45, 2.75) is 44.0 Å². The molecule has 1 aliphatic rings. The Morgan fingerprint density at radius 2 is 2.03 bits per heavy atom. The average molecular weight is 487 g/mol. The first-order valence-electron chi connectivity index (χ1n) is 9.77. The van der Waals surface area contributed by atoms with E-state index in [4.69, 9.17) is 18.9 Å². The summed E-state index contributed by atoms with van der Waals surface area (Å²) in [6.45, 7) is 1.52. The lowest BCUT2D eigenvalue weighted by Crippen LogP contribution is -2.43. The number of nitrogens with one attached hydrogen (secondary N) is 2. The van der Waals surface area contributed by atoms with Crippen LogP contribution in [0.5, 0.6) is 5.75 Å². The number of carbonyl (C=O) groups is 1. The lowest BCUT2D eigenvalue weighted by Gasteiger charge is -2.25. The van der Waals surface area contributed by atoms with Gasteiger partial charge in [0.15, 0.2) is 11.9 Å². The lowest BCUT2D eigenvalue weighted by molar-refractivity contribution is -0.138. The molecule has 0 aliphatic carbocycles. The van der Waals surface area contributed by atoms with Crippen LogP contribution in [-0.4, -0.2) is 56.3 Å². The smallest absolute Gasteiger partial charge is 0.459 e. The number of hydrogen-bond donors (Lipinski definition) is 4. The monoisotopic (exact) mass is 487 g/mol. The topological polar surface area (TPSA) is 169 Å². The van der Waals surface area contributed by atoms with Gasteiger partial charge in [-0.25, -0.2) is 13.8 Å². The number of carboxylic acids is 1. The van der Waals surface area contributed by atoms with E-state index in [1.165, 1.54) is 19.1 Å². The highest BCUT2D eigenvalue weighted by Crippen LogP contribution is 2.47. The maximum absolute atomic E-state index is 15.3. The fraction of sp³-hybridized carbons (Fsp3) is 0.421. The molecular weight excluding hydrogens is 464 g/mol. The Bertz CT molecular complexity index is 1150. The molecule has 2 heterocycles. The highest BCUT2D eigenvalue weighted by molar-refractivity contribution is 7.52. The second kappa shape index (κ2) is 9.57. The fourth-order valence-electron chi connectivity index (χ4n) is 3.14. The second-order valence-electron chi connectivity index (χ2n) is 7.53. The Labute approximate surface area is 186 Å². The van der Waals surface area contributed by atoms with Crippen LogP contribution in [0.15, 0.2) is 52.2 Å². The molecule has 33 heavy (non-hydrogen) atoms. The van der Waals surface area contributed by atoms with Gasteiger partial charge in [0.2, 0.25) is 0 Å². The molecule has 0 amide bonds. The van der Waals surface area contributed by atoms with Gasteiger partial charge >= 0.3 is 19.4 Å². The van der Waals surface area contributed by atoms with Crippen LogP contribution in [0.4, 0.5) is 4.39 Å². The zero-order chi connectivity index (χ0) is 24.4. The van der Waals surface area contributed by atoms with Crippen LogP contribution in [-0.2, 0) is 18.6 Å². The van der Waals surface area contributed by atoms with Crippen LogP contribution in [0.3, 0.4) is 0 Å². The minimum absolute atomic E-state index is 0.104. The first kappa shape index (κ1) is 24.8. The number of hydrogen-bond acceptors (Lipinski definition) is 8. The summed E-state index contributed by atoms with van der Waals surface area (Å²) in [4.78, 5) is 36.5. The summed E-state index contributed by atoms with van der Waals surface area (Å²) in [5, 5.41) is 21.8. The van der Waals surface area contributed by atoms with Gasteiger partial charge in [0.25, 0.3) is 5.56 Å². The molecule has 0 bridgehead atoms. The molecule has 4 N–H and O–H groups in total. The van der Waals surface area contributed by atoms with Gasteiger partial charge in [-0.3, -0.25) is 23.7 Å². The number of ether oxygens (including phenoxy) is 1. The summed E-state index contributed by atoms with van der Waals surface area (Å²) in [5.41, 5.74) is -4.16. The van der Waals surface area contributed by atoms with E-state index in [-0.39, 0.29) is 5.75 Å². The molecule has 1 saturated heterocycles. The van der Waals surface area contributed by atoms with Gasteiger partial charge < -0.3 is 19.5 Å². The molecule has 6 atom stereocenters. The number of aliphatic hydroxyl groups is 1.